The van der Waals surface area contributed by atoms with Gasteiger partial charge in [0.1, 0.15) is 5.58 Å². The Bertz CT molecular complexity index is 1180. The van der Waals surface area contributed by atoms with Crippen LogP contribution in [-0.4, -0.2) is 32.1 Å². The van der Waals surface area contributed by atoms with Crippen molar-refractivity contribution in [3.63, 3.8) is 0 Å². The molecule has 0 N–H and O–H groups in total. The van der Waals surface area contributed by atoms with Gasteiger partial charge in [-0.15, -0.1) is 0 Å². The largest absolute Gasteiger partial charge is 0.493 e. The molecule has 0 spiro atoms. The minimum absolute atomic E-state index is 0.0235. The average Bonchev–Trinajstić information content (AvgIpc) is 3.16. The second-order valence-electron chi connectivity index (χ2n) is 7.04. The molecule has 0 aliphatic heterocycles. The smallest absolute Gasteiger partial charge is 0.227 e. The molecule has 1 aromatic heterocycles. The van der Waals surface area contributed by atoms with E-state index in [1.807, 2.05) is 42.5 Å². The Morgan fingerprint density at radius 3 is 2.59 bits per heavy atom. The molecule has 0 saturated carbocycles. The van der Waals surface area contributed by atoms with E-state index in [-0.39, 0.29) is 12.3 Å². The van der Waals surface area contributed by atoms with E-state index < -0.39 is 0 Å². The normalized spacial score (nSPS) is 11.0. The number of benzene rings is 3. The minimum Gasteiger partial charge on any atom is -0.493 e. The highest BCUT2D eigenvalue weighted by Gasteiger charge is 2.16. The van der Waals surface area contributed by atoms with E-state index in [2.05, 4.69) is 12.1 Å². The van der Waals surface area contributed by atoms with Gasteiger partial charge in [-0.05, 0) is 34.5 Å². The van der Waals surface area contributed by atoms with Gasteiger partial charge in [0.2, 0.25) is 5.91 Å². The number of fused-ring (bicyclic) bond motifs is 3. The number of carbonyl (C=O) groups excluding carboxylic acids is 1. The maximum atomic E-state index is 12.9. The molecule has 5 nitrogen and oxygen atoms in total. The van der Waals surface area contributed by atoms with Crippen LogP contribution >= 0.6 is 0 Å². The first-order valence-corrected chi connectivity index (χ1v) is 9.43. The van der Waals surface area contributed by atoms with E-state index >= 15 is 0 Å². The van der Waals surface area contributed by atoms with Crippen molar-refractivity contribution in [3.05, 3.63) is 72.0 Å². The Morgan fingerprint density at radius 2 is 1.79 bits per heavy atom. The first-order chi connectivity index (χ1) is 14.1. The quantitative estimate of drug-likeness (QED) is 0.475. The lowest BCUT2D eigenvalue weighted by Crippen LogP contribution is -2.27. The van der Waals surface area contributed by atoms with Crippen LogP contribution < -0.4 is 9.47 Å². The van der Waals surface area contributed by atoms with Crippen LogP contribution in [0.5, 0.6) is 11.5 Å². The zero-order valence-electron chi connectivity index (χ0n) is 16.8. The summed E-state index contributed by atoms with van der Waals surface area (Å²) >= 11 is 0. The summed E-state index contributed by atoms with van der Waals surface area (Å²) in [6, 6.07) is 17.8. The third-order valence-electron chi connectivity index (χ3n) is 5.18. The number of hydrogen-bond acceptors (Lipinski definition) is 4. The Morgan fingerprint density at radius 1 is 1.00 bits per heavy atom. The summed E-state index contributed by atoms with van der Waals surface area (Å²) in [4.78, 5) is 14.6. The van der Waals surface area contributed by atoms with Crippen LogP contribution in [-0.2, 0) is 17.8 Å². The van der Waals surface area contributed by atoms with Crippen molar-refractivity contribution >= 4 is 27.6 Å². The summed E-state index contributed by atoms with van der Waals surface area (Å²) in [5, 5.41) is 3.24. The molecule has 0 aliphatic rings. The lowest BCUT2D eigenvalue weighted by Gasteiger charge is -2.18. The SMILES string of the molecule is COc1ccc(CN(C)C(=O)Cc2coc3ccc4ccccc4c23)cc1OC. The summed E-state index contributed by atoms with van der Waals surface area (Å²) in [7, 11) is 5.01. The predicted molar refractivity (Wildman–Crippen MR) is 113 cm³/mol. The van der Waals surface area contributed by atoms with Crippen molar-refractivity contribution in [2.45, 2.75) is 13.0 Å². The molecule has 0 unspecified atom stereocenters. The molecule has 4 rings (SSSR count). The van der Waals surface area contributed by atoms with E-state index in [0.717, 1.165) is 32.9 Å². The van der Waals surface area contributed by atoms with Gasteiger partial charge in [-0.1, -0.05) is 36.4 Å². The monoisotopic (exact) mass is 389 g/mol. The highest BCUT2D eigenvalue weighted by molar-refractivity contribution is 6.08. The first-order valence-electron chi connectivity index (χ1n) is 9.43. The van der Waals surface area contributed by atoms with Crippen LogP contribution in [0.1, 0.15) is 11.1 Å². The van der Waals surface area contributed by atoms with Crippen LogP contribution in [0.15, 0.2) is 65.3 Å². The topological polar surface area (TPSA) is 51.9 Å². The summed E-state index contributed by atoms with van der Waals surface area (Å²) in [5.41, 5.74) is 2.68. The highest BCUT2D eigenvalue weighted by atomic mass is 16.5. The van der Waals surface area contributed by atoms with Gasteiger partial charge in [0.15, 0.2) is 11.5 Å². The zero-order valence-corrected chi connectivity index (χ0v) is 16.8. The van der Waals surface area contributed by atoms with Crippen molar-refractivity contribution < 1.29 is 18.7 Å². The molecule has 148 valence electrons. The van der Waals surface area contributed by atoms with Crippen LogP contribution in [0, 0.1) is 0 Å². The van der Waals surface area contributed by atoms with Gasteiger partial charge < -0.3 is 18.8 Å². The zero-order chi connectivity index (χ0) is 20.4. The van der Waals surface area contributed by atoms with Gasteiger partial charge in [0.05, 0.1) is 26.9 Å². The molecule has 3 aromatic carbocycles. The fourth-order valence-electron chi connectivity index (χ4n) is 3.64. The van der Waals surface area contributed by atoms with Crippen molar-refractivity contribution in [2.24, 2.45) is 0 Å². The molecule has 1 amide bonds. The number of hydrogen-bond donors (Lipinski definition) is 0. The fourth-order valence-corrected chi connectivity index (χ4v) is 3.64. The number of furan rings is 1. The number of rotatable bonds is 6. The molecule has 4 aromatic rings. The van der Waals surface area contributed by atoms with Crippen molar-refractivity contribution in [1.29, 1.82) is 0 Å². The van der Waals surface area contributed by atoms with Gasteiger partial charge in [-0.25, -0.2) is 0 Å². The average molecular weight is 389 g/mol. The molecule has 1 heterocycles. The lowest BCUT2D eigenvalue weighted by molar-refractivity contribution is -0.129. The van der Waals surface area contributed by atoms with E-state index in [4.69, 9.17) is 13.9 Å². The van der Waals surface area contributed by atoms with Crippen molar-refractivity contribution in [2.75, 3.05) is 21.3 Å². The van der Waals surface area contributed by atoms with Gasteiger partial charge in [-0.2, -0.15) is 0 Å². The van der Waals surface area contributed by atoms with Gasteiger partial charge >= 0.3 is 0 Å². The molecule has 29 heavy (non-hydrogen) atoms. The third kappa shape index (κ3) is 3.63. The van der Waals surface area contributed by atoms with E-state index in [0.29, 0.717) is 18.0 Å². The number of carbonyl (C=O) groups is 1. The first kappa shape index (κ1) is 18.9. The molecular formula is C24H23NO4. The van der Waals surface area contributed by atoms with Crippen LogP contribution in [0.2, 0.25) is 0 Å². The van der Waals surface area contributed by atoms with Gasteiger partial charge in [0, 0.05) is 24.5 Å². The number of amides is 1. The second-order valence-corrected chi connectivity index (χ2v) is 7.04. The van der Waals surface area contributed by atoms with Gasteiger partial charge in [0.25, 0.3) is 0 Å². The van der Waals surface area contributed by atoms with Crippen molar-refractivity contribution in [1.82, 2.24) is 4.90 Å². The second kappa shape index (κ2) is 7.87. The van der Waals surface area contributed by atoms with E-state index in [1.165, 1.54) is 0 Å². The maximum Gasteiger partial charge on any atom is 0.227 e. The van der Waals surface area contributed by atoms with Crippen LogP contribution in [0.25, 0.3) is 21.7 Å². The molecule has 0 radical (unpaired) electrons. The number of ether oxygens (including phenoxy) is 2. The molecule has 0 bridgehead atoms. The number of nitrogens with zero attached hydrogens (tertiary/aromatic N) is 1. The number of methoxy groups -OCH3 is 2. The molecule has 0 fully saturated rings. The molecule has 0 atom stereocenters. The summed E-state index contributed by atoms with van der Waals surface area (Å²) in [6.45, 7) is 0.482. The summed E-state index contributed by atoms with van der Waals surface area (Å²) < 4.78 is 16.3. The van der Waals surface area contributed by atoms with E-state index in [9.17, 15) is 4.79 Å². The lowest BCUT2D eigenvalue weighted by atomic mass is 10.0. The van der Waals surface area contributed by atoms with Gasteiger partial charge in [-0.3, -0.25) is 4.79 Å². The molecule has 0 saturated heterocycles. The molecule has 0 aliphatic carbocycles. The summed E-state index contributed by atoms with van der Waals surface area (Å²) in [5.74, 6) is 1.34. The minimum atomic E-state index is 0.0235. The van der Waals surface area contributed by atoms with Crippen LogP contribution in [0.4, 0.5) is 0 Å². The Kier molecular flexibility index (Phi) is 5.12. The Labute approximate surface area is 169 Å². The van der Waals surface area contributed by atoms with Crippen LogP contribution in [0.3, 0.4) is 0 Å². The fraction of sp³-hybridized carbons (Fsp3) is 0.208. The highest BCUT2D eigenvalue weighted by Crippen LogP contribution is 2.31. The number of likely N-dealkylation sites (N-methyl/N-ethyl adjacent to an activating group) is 1. The Balaban J connectivity index is 1.56. The maximum absolute atomic E-state index is 12.9. The third-order valence-corrected chi connectivity index (χ3v) is 5.18. The standard InChI is InChI=1S/C24H23NO4/c1-25(14-16-8-10-20(27-2)22(12-16)28-3)23(26)13-18-15-29-21-11-9-17-6-4-5-7-19(17)24(18)21/h4-12,15H,13-14H2,1-3H3. The molecular weight excluding hydrogens is 366 g/mol. The summed E-state index contributed by atoms with van der Waals surface area (Å²) in [6.07, 6.45) is 1.98. The van der Waals surface area contributed by atoms with Crippen molar-refractivity contribution in [3.8, 4) is 11.5 Å². The predicted octanol–water partition coefficient (Wildman–Crippen LogP) is 4.80. The Hall–Kier alpha value is -3.47. The molecule has 5 heteroatoms. The van der Waals surface area contributed by atoms with E-state index in [1.54, 1.807) is 32.4 Å².